The molecular weight excluding hydrogens is 306 g/mol. The highest BCUT2D eigenvalue weighted by Gasteiger charge is 2.11. The van der Waals surface area contributed by atoms with Crippen molar-refractivity contribution in [2.45, 2.75) is 11.3 Å². The highest BCUT2D eigenvalue weighted by molar-refractivity contribution is 7.90. The van der Waals surface area contributed by atoms with Crippen LogP contribution in [0.5, 0.6) is 0 Å². The molecule has 1 aromatic rings. The van der Waals surface area contributed by atoms with Gasteiger partial charge in [0.15, 0.2) is 9.84 Å². The van der Waals surface area contributed by atoms with Gasteiger partial charge >= 0.3 is 5.97 Å². The van der Waals surface area contributed by atoms with Crippen molar-refractivity contribution in [1.29, 1.82) is 0 Å². The number of amides is 1. The minimum Gasteiger partial charge on any atom is -0.478 e. The van der Waals surface area contributed by atoms with Crippen LogP contribution in [0, 0.1) is 0 Å². The number of sulfone groups is 1. The van der Waals surface area contributed by atoms with Gasteiger partial charge in [-0.2, -0.15) is 0 Å². The molecule has 0 spiro atoms. The first kappa shape index (κ1) is 16.2. The zero-order valence-corrected chi connectivity index (χ0v) is 12.0. The van der Waals surface area contributed by atoms with Crippen LogP contribution in [0.15, 0.2) is 35.2 Å². The van der Waals surface area contributed by atoms with Gasteiger partial charge in [0.1, 0.15) is 0 Å². The van der Waals surface area contributed by atoms with E-state index in [1.807, 2.05) is 0 Å². The van der Waals surface area contributed by atoms with E-state index in [2.05, 4.69) is 5.32 Å². The van der Waals surface area contributed by atoms with E-state index in [1.54, 1.807) is 0 Å². The summed E-state index contributed by atoms with van der Waals surface area (Å²) in [5.74, 6) is -1.66. The molecule has 0 aromatic heterocycles. The Morgan fingerprint density at radius 1 is 1.40 bits per heavy atom. The van der Waals surface area contributed by atoms with Gasteiger partial charge < -0.3 is 10.4 Å². The summed E-state index contributed by atoms with van der Waals surface area (Å²) in [5.41, 5.74) is 0.156. The molecule has 0 aliphatic rings. The van der Waals surface area contributed by atoms with Crippen LogP contribution in [0.3, 0.4) is 0 Å². The smallest absolute Gasteiger partial charge is 0.327 e. The number of rotatable bonds is 5. The lowest BCUT2D eigenvalue weighted by atomic mass is 10.3. The maximum absolute atomic E-state index is 11.5. The van der Waals surface area contributed by atoms with Gasteiger partial charge in [0.05, 0.1) is 15.6 Å². The number of carbonyl (C=O) groups excluding carboxylic acids is 1. The van der Waals surface area contributed by atoms with Gasteiger partial charge in [-0.25, -0.2) is 13.2 Å². The molecule has 1 amide bonds. The average molecular weight is 318 g/mol. The summed E-state index contributed by atoms with van der Waals surface area (Å²) in [4.78, 5) is 21.8. The van der Waals surface area contributed by atoms with Crippen LogP contribution in [-0.2, 0) is 19.4 Å². The molecule has 8 heteroatoms. The fourth-order valence-corrected chi connectivity index (χ4v) is 2.11. The molecule has 0 heterocycles. The number of carboxylic acid groups (broad SMARTS) is 1. The second kappa shape index (κ2) is 6.53. The monoisotopic (exact) mass is 317 g/mol. The number of halogens is 1. The van der Waals surface area contributed by atoms with Crippen LogP contribution >= 0.6 is 11.6 Å². The van der Waals surface area contributed by atoms with E-state index in [0.717, 1.165) is 12.3 Å². The summed E-state index contributed by atoms with van der Waals surface area (Å²) < 4.78 is 22.8. The quantitative estimate of drug-likeness (QED) is 0.805. The second-order valence-corrected chi connectivity index (χ2v) is 6.33. The van der Waals surface area contributed by atoms with E-state index in [4.69, 9.17) is 16.7 Å². The van der Waals surface area contributed by atoms with Crippen molar-refractivity contribution >= 4 is 39.0 Å². The molecule has 1 aromatic carbocycles. The molecule has 0 radical (unpaired) electrons. The molecule has 0 aliphatic carbocycles. The molecule has 6 nitrogen and oxygen atoms in total. The standard InChI is InChI=1S/C12H12ClNO5S/c1-20(18,19)8-5-6-9(13)10(7-8)14-11(15)3-2-4-12(16)17/h2,4-7H,3H2,1H3,(H,14,15)(H,16,17)/b4-2+. The third kappa shape index (κ3) is 5.02. The lowest BCUT2D eigenvalue weighted by Gasteiger charge is -2.08. The van der Waals surface area contributed by atoms with Crippen molar-refractivity contribution in [2.75, 3.05) is 11.6 Å². The average Bonchev–Trinajstić information content (AvgIpc) is 2.30. The highest BCUT2D eigenvalue weighted by atomic mass is 35.5. The van der Waals surface area contributed by atoms with Crippen molar-refractivity contribution in [1.82, 2.24) is 0 Å². The Kier molecular flexibility index (Phi) is 5.29. The predicted molar refractivity (Wildman–Crippen MR) is 74.6 cm³/mol. The van der Waals surface area contributed by atoms with Crippen LogP contribution < -0.4 is 5.32 Å². The number of hydrogen-bond acceptors (Lipinski definition) is 4. The topological polar surface area (TPSA) is 101 Å². The normalized spacial score (nSPS) is 11.5. The lowest BCUT2D eigenvalue weighted by molar-refractivity contribution is -0.131. The summed E-state index contributed by atoms with van der Waals surface area (Å²) in [5, 5.41) is 11.0. The second-order valence-electron chi connectivity index (χ2n) is 3.91. The molecule has 1 rings (SSSR count). The van der Waals surface area contributed by atoms with Crippen LogP contribution in [0.4, 0.5) is 5.69 Å². The number of carbonyl (C=O) groups is 2. The maximum atomic E-state index is 11.5. The third-order valence-electron chi connectivity index (χ3n) is 2.20. The van der Waals surface area contributed by atoms with Crippen molar-refractivity contribution in [3.63, 3.8) is 0 Å². The van der Waals surface area contributed by atoms with E-state index >= 15 is 0 Å². The molecular formula is C12H12ClNO5S. The van der Waals surface area contributed by atoms with Gasteiger partial charge in [0.25, 0.3) is 0 Å². The van der Waals surface area contributed by atoms with E-state index in [9.17, 15) is 18.0 Å². The Morgan fingerprint density at radius 2 is 2.05 bits per heavy atom. The SMILES string of the molecule is CS(=O)(=O)c1ccc(Cl)c(NC(=O)C/C=C/C(=O)O)c1. The Hall–Kier alpha value is -1.86. The van der Waals surface area contributed by atoms with Crippen molar-refractivity contribution in [3.8, 4) is 0 Å². The fraction of sp³-hybridized carbons (Fsp3) is 0.167. The molecule has 108 valence electrons. The number of nitrogens with one attached hydrogen (secondary N) is 1. The van der Waals surface area contributed by atoms with E-state index in [1.165, 1.54) is 24.3 Å². The first-order valence-corrected chi connectivity index (χ1v) is 7.66. The van der Waals surface area contributed by atoms with Gasteiger partial charge in [0.2, 0.25) is 5.91 Å². The lowest BCUT2D eigenvalue weighted by Crippen LogP contribution is -2.11. The first-order valence-electron chi connectivity index (χ1n) is 5.39. The molecule has 0 unspecified atom stereocenters. The van der Waals surface area contributed by atoms with E-state index in [-0.39, 0.29) is 22.0 Å². The van der Waals surface area contributed by atoms with Gasteiger partial charge in [-0.15, -0.1) is 0 Å². The van der Waals surface area contributed by atoms with Crippen molar-refractivity contribution in [3.05, 3.63) is 35.4 Å². The summed E-state index contributed by atoms with van der Waals surface area (Å²) in [6.45, 7) is 0. The number of benzene rings is 1. The minimum atomic E-state index is -3.41. The number of aliphatic carboxylic acids is 1. The summed E-state index contributed by atoms with van der Waals surface area (Å²) in [6, 6.07) is 3.94. The van der Waals surface area contributed by atoms with Gasteiger partial charge in [-0.1, -0.05) is 17.7 Å². The highest BCUT2D eigenvalue weighted by Crippen LogP contribution is 2.25. The van der Waals surface area contributed by atoms with Crippen LogP contribution in [-0.4, -0.2) is 31.7 Å². The summed E-state index contributed by atoms with van der Waals surface area (Å²) in [6.07, 6.45) is 2.89. The Balaban J connectivity index is 2.87. The molecule has 0 saturated carbocycles. The van der Waals surface area contributed by atoms with E-state index in [0.29, 0.717) is 0 Å². The summed E-state index contributed by atoms with van der Waals surface area (Å²) >= 11 is 5.85. The number of carboxylic acids is 1. The maximum Gasteiger partial charge on any atom is 0.327 e. The van der Waals surface area contributed by atoms with Gasteiger partial charge in [0, 0.05) is 18.8 Å². The first-order chi connectivity index (χ1) is 9.20. The zero-order valence-electron chi connectivity index (χ0n) is 10.5. The molecule has 0 fully saturated rings. The van der Waals surface area contributed by atoms with Gasteiger partial charge in [-0.3, -0.25) is 4.79 Å². The molecule has 0 atom stereocenters. The Morgan fingerprint density at radius 3 is 2.60 bits per heavy atom. The molecule has 20 heavy (non-hydrogen) atoms. The van der Waals surface area contributed by atoms with Crippen LogP contribution in [0.25, 0.3) is 0 Å². The molecule has 2 N–H and O–H groups in total. The minimum absolute atomic E-state index is 0.0262. The largest absolute Gasteiger partial charge is 0.478 e. The van der Waals surface area contributed by atoms with E-state index < -0.39 is 21.7 Å². The zero-order chi connectivity index (χ0) is 15.3. The molecule has 0 bridgehead atoms. The predicted octanol–water partition coefficient (Wildman–Crippen LogP) is 1.71. The van der Waals surface area contributed by atoms with Crippen molar-refractivity contribution < 1.29 is 23.1 Å². The van der Waals surface area contributed by atoms with Gasteiger partial charge in [-0.05, 0) is 18.2 Å². The molecule has 0 saturated heterocycles. The Labute approximate surface area is 121 Å². The fourth-order valence-electron chi connectivity index (χ4n) is 1.30. The van der Waals surface area contributed by atoms with Crippen LogP contribution in [0.1, 0.15) is 6.42 Å². The number of anilines is 1. The van der Waals surface area contributed by atoms with Crippen LogP contribution in [0.2, 0.25) is 5.02 Å². The summed E-state index contributed by atoms with van der Waals surface area (Å²) in [7, 11) is -3.41. The number of hydrogen-bond donors (Lipinski definition) is 2. The molecule has 0 aliphatic heterocycles. The Bertz CT molecular complexity index is 666. The van der Waals surface area contributed by atoms with Crippen molar-refractivity contribution in [2.24, 2.45) is 0 Å². The third-order valence-corrected chi connectivity index (χ3v) is 3.64.